The Balaban J connectivity index is 2.07. The van der Waals surface area contributed by atoms with Gasteiger partial charge in [0.05, 0.1) is 16.2 Å². The van der Waals surface area contributed by atoms with E-state index in [9.17, 15) is 0 Å². The number of hydrogen-bond donors (Lipinski definition) is 1. The molecule has 1 N–H and O–H groups in total. The van der Waals surface area contributed by atoms with E-state index in [4.69, 9.17) is 4.74 Å². The van der Waals surface area contributed by atoms with Crippen molar-refractivity contribution in [3.05, 3.63) is 52.1 Å². The number of rotatable bonds is 2. The van der Waals surface area contributed by atoms with Crippen molar-refractivity contribution in [2.24, 2.45) is 0 Å². The molecule has 0 radical (unpaired) electrons. The van der Waals surface area contributed by atoms with E-state index in [0.717, 1.165) is 38.0 Å². The number of aromatic nitrogens is 2. The van der Waals surface area contributed by atoms with E-state index in [-0.39, 0.29) is 0 Å². The molecule has 0 aliphatic carbocycles. The molecule has 0 saturated carbocycles. The summed E-state index contributed by atoms with van der Waals surface area (Å²) in [6.07, 6.45) is 1.79. The largest absolute Gasteiger partial charge is 0.456 e. The highest BCUT2D eigenvalue weighted by molar-refractivity contribution is 9.10. The van der Waals surface area contributed by atoms with E-state index >= 15 is 0 Å². The number of H-pyrrole nitrogens is 1. The van der Waals surface area contributed by atoms with Crippen LogP contribution < -0.4 is 4.74 Å². The van der Waals surface area contributed by atoms with E-state index in [0.29, 0.717) is 0 Å². The number of hydrogen-bond acceptors (Lipinski definition) is 2. The molecular formula is C15H13BrN2O. The van der Waals surface area contributed by atoms with Crippen molar-refractivity contribution >= 4 is 26.8 Å². The fraction of sp³-hybridized carbons (Fsp3) is 0.133. The fourth-order valence-electron chi connectivity index (χ4n) is 2.09. The van der Waals surface area contributed by atoms with Crippen LogP contribution in [0.25, 0.3) is 10.9 Å². The zero-order chi connectivity index (χ0) is 13.4. The van der Waals surface area contributed by atoms with Crippen LogP contribution in [0.1, 0.15) is 11.1 Å². The number of ether oxygens (including phenoxy) is 1. The van der Waals surface area contributed by atoms with Crippen LogP contribution >= 0.6 is 15.9 Å². The maximum absolute atomic E-state index is 6.06. The van der Waals surface area contributed by atoms with Crippen LogP contribution in [-0.2, 0) is 0 Å². The third-order valence-electron chi connectivity index (χ3n) is 3.11. The van der Waals surface area contributed by atoms with Gasteiger partial charge in [0.1, 0.15) is 11.5 Å². The summed E-state index contributed by atoms with van der Waals surface area (Å²) in [4.78, 5) is 0. The number of aromatic amines is 1. The SMILES string of the molecule is Cc1cccc(C)c1Oc1cc2cn[nH]c2cc1Br. The molecule has 3 aromatic rings. The molecule has 2 aromatic carbocycles. The van der Waals surface area contributed by atoms with Crippen LogP contribution in [0.5, 0.6) is 11.5 Å². The molecule has 1 aromatic heterocycles. The summed E-state index contributed by atoms with van der Waals surface area (Å²) in [6.45, 7) is 4.10. The zero-order valence-electron chi connectivity index (χ0n) is 10.7. The molecule has 96 valence electrons. The number of nitrogens with zero attached hydrogens (tertiary/aromatic N) is 1. The minimum Gasteiger partial charge on any atom is -0.456 e. The topological polar surface area (TPSA) is 37.9 Å². The summed E-state index contributed by atoms with van der Waals surface area (Å²) < 4.78 is 6.97. The van der Waals surface area contributed by atoms with Gasteiger partial charge >= 0.3 is 0 Å². The number of halogens is 1. The Morgan fingerprint density at radius 3 is 2.63 bits per heavy atom. The third kappa shape index (κ3) is 2.24. The molecule has 0 bridgehead atoms. The summed E-state index contributed by atoms with van der Waals surface area (Å²) >= 11 is 3.54. The zero-order valence-corrected chi connectivity index (χ0v) is 12.3. The van der Waals surface area contributed by atoms with Gasteiger partial charge in [0.15, 0.2) is 0 Å². The second kappa shape index (κ2) is 4.70. The first kappa shape index (κ1) is 12.2. The number of para-hydroxylation sites is 1. The number of benzene rings is 2. The molecule has 1 heterocycles. The molecule has 19 heavy (non-hydrogen) atoms. The summed E-state index contributed by atoms with van der Waals surface area (Å²) in [5.41, 5.74) is 3.24. The van der Waals surface area contributed by atoms with Crippen LogP contribution in [0.15, 0.2) is 41.0 Å². The summed E-state index contributed by atoms with van der Waals surface area (Å²) in [6, 6.07) is 10.1. The van der Waals surface area contributed by atoms with Crippen LogP contribution in [0, 0.1) is 13.8 Å². The predicted octanol–water partition coefficient (Wildman–Crippen LogP) is 4.73. The summed E-state index contributed by atoms with van der Waals surface area (Å²) in [7, 11) is 0. The highest BCUT2D eigenvalue weighted by atomic mass is 79.9. The molecule has 0 aliphatic rings. The molecule has 0 fully saturated rings. The second-order valence-corrected chi connectivity index (χ2v) is 5.42. The average molecular weight is 317 g/mol. The minimum atomic E-state index is 0.798. The first-order chi connectivity index (χ1) is 9.15. The van der Waals surface area contributed by atoms with Gasteiger partial charge in [-0.2, -0.15) is 5.10 Å². The molecule has 0 spiro atoms. The van der Waals surface area contributed by atoms with E-state index in [2.05, 4.69) is 26.1 Å². The monoisotopic (exact) mass is 316 g/mol. The quantitative estimate of drug-likeness (QED) is 0.741. The van der Waals surface area contributed by atoms with Crippen molar-refractivity contribution in [2.75, 3.05) is 0 Å². The van der Waals surface area contributed by atoms with E-state index in [1.54, 1.807) is 6.20 Å². The Morgan fingerprint density at radius 2 is 1.89 bits per heavy atom. The first-order valence-electron chi connectivity index (χ1n) is 6.02. The van der Waals surface area contributed by atoms with E-state index in [1.165, 1.54) is 0 Å². The third-order valence-corrected chi connectivity index (χ3v) is 3.73. The number of aryl methyl sites for hydroxylation is 2. The smallest absolute Gasteiger partial charge is 0.142 e. The molecule has 0 aliphatic heterocycles. The molecule has 0 saturated heterocycles. The lowest BCUT2D eigenvalue weighted by atomic mass is 10.1. The van der Waals surface area contributed by atoms with Gasteiger partial charge in [0.2, 0.25) is 0 Å². The van der Waals surface area contributed by atoms with Gasteiger partial charge in [-0.25, -0.2) is 0 Å². The average Bonchev–Trinajstić information content (AvgIpc) is 2.81. The molecule has 0 amide bonds. The van der Waals surface area contributed by atoms with Crippen molar-refractivity contribution in [3.8, 4) is 11.5 Å². The highest BCUT2D eigenvalue weighted by Crippen LogP contribution is 2.35. The minimum absolute atomic E-state index is 0.798. The van der Waals surface area contributed by atoms with Crippen molar-refractivity contribution in [1.29, 1.82) is 0 Å². The highest BCUT2D eigenvalue weighted by Gasteiger charge is 2.09. The van der Waals surface area contributed by atoms with Gasteiger partial charge in [-0.05, 0) is 53.0 Å². The van der Waals surface area contributed by atoms with Crippen LogP contribution in [0.2, 0.25) is 0 Å². The van der Waals surface area contributed by atoms with Crippen molar-refractivity contribution in [2.45, 2.75) is 13.8 Å². The van der Waals surface area contributed by atoms with E-state index in [1.807, 2.05) is 44.2 Å². The van der Waals surface area contributed by atoms with Crippen LogP contribution in [0.3, 0.4) is 0 Å². The van der Waals surface area contributed by atoms with Gasteiger partial charge in [0, 0.05) is 5.39 Å². The van der Waals surface area contributed by atoms with Gasteiger partial charge in [-0.1, -0.05) is 18.2 Å². The van der Waals surface area contributed by atoms with Crippen molar-refractivity contribution in [3.63, 3.8) is 0 Å². The van der Waals surface area contributed by atoms with Gasteiger partial charge in [-0.15, -0.1) is 0 Å². The van der Waals surface area contributed by atoms with Gasteiger partial charge < -0.3 is 4.74 Å². The normalized spacial score (nSPS) is 10.9. The molecule has 0 atom stereocenters. The lowest BCUT2D eigenvalue weighted by Gasteiger charge is -2.12. The maximum atomic E-state index is 6.06. The Hall–Kier alpha value is -1.81. The Kier molecular flexibility index (Phi) is 3.03. The second-order valence-electron chi connectivity index (χ2n) is 4.56. The van der Waals surface area contributed by atoms with Crippen molar-refractivity contribution in [1.82, 2.24) is 10.2 Å². The van der Waals surface area contributed by atoms with Crippen molar-refractivity contribution < 1.29 is 4.74 Å². The fourth-order valence-corrected chi connectivity index (χ4v) is 2.52. The first-order valence-corrected chi connectivity index (χ1v) is 6.81. The van der Waals surface area contributed by atoms with Gasteiger partial charge in [0.25, 0.3) is 0 Å². The molecule has 3 nitrogen and oxygen atoms in total. The standard InChI is InChI=1S/C15H13BrN2O/c1-9-4-3-5-10(2)15(9)19-14-6-11-8-17-18-13(11)7-12(14)16/h3-8H,1-2H3,(H,17,18). The Bertz CT molecular complexity index is 729. The maximum Gasteiger partial charge on any atom is 0.142 e. The lowest BCUT2D eigenvalue weighted by Crippen LogP contribution is -1.91. The molecular weight excluding hydrogens is 304 g/mol. The molecule has 4 heteroatoms. The van der Waals surface area contributed by atoms with E-state index < -0.39 is 0 Å². The summed E-state index contributed by atoms with van der Waals surface area (Å²) in [5.74, 6) is 1.71. The summed E-state index contributed by atoms with van der Waals surface area (Å²) in [5, 5.41) is 7.99. The molecule has 0 unspecified atom stereocenters. The number of nitrogens with one attached hydrogen (secondary N) is 1. The lowest BCUT2D eigenvalue weighted by molar-refractivity contribution is 0.473. The van der Waals surface area contributed by atoms with Crippen LogP contribution in [0.4, 0.5) is 0 Å². The predicted molar refractivity (Wildman–Crippen MR) is 79.8 cm³/mol. The van der Waals surface area contributed by atoms with Gasteiger partial charge in [-0.3, -0.25) is 5.10 Å². The van der Waals surface area contributed by atoms with Crippen LogP contribution in [-0.4, -0.2) is 10.2 Å². The Labute approximate surface area is 119 Å². The number of fused-ring (bicyclic) bond motifs is 1. The molecule has 3 rings (SSSR count). The Morgan fingerprint density at radius 1 is 1.16 bits per heavy atom.